The van der Waals surface area contributed by atoms with Gasteiger partial charge >= 0.3 is 11.9 Å². The highest BCUT2D eigenvalue weighted by atomic mass is 16.4. The van der Waals surface area contributed by atoms with Gasteiger partial charge < -0.3 is 42.0 Å². The van der Waals surface area contributed by atoms with E-state index in [1.54, 1.807) is 32.2 Å². The number of aromatic nitrogens is 1. The van der Waals surface area contributed by atoms with Crippen molar-refractivity contribution in [2.45, 2.75) is 63.7 Å². The molecule has 0 aliphatic rings. The van der Waals surface area contributed by atoms with Gasteiger partial charge in [-0.15, -0.1) is 0 Å². The number of carbonyl (C=O) groups is 5. The number of nitrogens with two attached hydrogens (primary N) is 1. The number of aromatic amines is 1. The molecule has 3 aromatic rings. The first-order valence-electron chi connectivity index (χ1n) is 13.8. The summed E-state index contributed by atoms with van der Waals surface area (Å²) in [7, 11) is 0. The summed E-state index contributed by atoms with van der Waals surface area (Å²) in [5.74, 6) is -5.32. The molecule has 0 saturated carbocycles. The van der Waals surface area contributed by atoms with E-state index in [2.05, 4.69) is 20.9 Å². The van der Waals surface area contributed by atoms with E-state index in [1.807, 2.05) is 24.3 Å². The smallest absolute Gasteiger partial charge is 0.326 e. The first-order chi connectivity index (χ1) is 20.4. The zero-order valence-corrected chi connectivity index (χ0v) is 23.9. The van der Waals surface area contributed by atoms with Crippen LogP contribution in [0.25, 0.3) is 10.9 Å². The van der Waals surface area contributed by atoms with Crippen LogP contribution in [-0.2, 0) is 36.8 Å². The molecule has 5 unspecified atom stereocenters. The number of fused-ring (bicyclic) bond motifs is 1. The highest BCUT2D eigenvalue weighted by Gasteiger charge is 2.33. The Morgan fingerprint density at radius 3 is 2.14 bits per heavy atom. The Morgan fingerprint density at radius 1 is 0.860 bits per heavy atom. The third-order valence-electron chi connectivity index (χ3n) is 7.25. The van der Waals surface area contributed by atoms with Gasteiger partial charge in [0.1, 0.15) is 23.9 Å². The van der Waals surface area contributed by atoms with E-state index in [4.69, 9.17) is 10.8 Å². The fourth-order valence-corrected chi connectivity index (χ4v) is 4.57. The molecule has 13 nitrogen and oxygen atoms in total. The summed E-state index contributed by atoms with van der Waals surface area (Å²) in [5.41, 5.74) is 7.73. The van der Waals surface area contributed by atoms with Gasteiger partial charge in [0.15, 0.2) is 0 Å². The van der Waals surface area contributed by atoms with Crippen LogP contribution in [0.1, 0.15) is 37.8 Å². The predicted octanol–water partition coefficient (Wildman–Crippen LogP) is 1.05. The molecule has 230 valence electrons. The molecule has 3 rings (SSSR count). The molecule has 1 heterocycles. The van der Waals surface area contributed by atoms with E-state index in [0.717, 1.165) is 10.9 Å². The average molecular weight is 596 g/mol. The average Bonchev–Trinajstić information content (AvgIpc) is 3.37. The summed E-state index contributed by atoms with van der Waals surface area (Å²) < 4.78 is 0. The Balaban J connectivity index is 1.84. The molecule has 5 atom stereocenters. The Morgan fingerprint density at radius 2 is 1.51 bits per heavy atom. The third-order valence-corrected chi connectivity index (χ3v) is 7.25. The molecule has 0 fully saturated rings. The lowest BCUT2D eigenvalue weighted by Crippen LogP contribution is -2.59. The SMILES string of the molecule is CCC(C)C(NC(=O)C(N)CC(=O)O)C(=O)NC(Cc1ccc(O)cc1)C(=O)NC(Cc1c[nH]c2ccccc12)C(=O)O. The zero-order valence-electron chi connectivity index (χ0n) is 23.9. The number of phenolic OH excluding ortho intramolecular Hbond substituents is 1. The quantitative estimate of drug-likeness (QED) is 0.125. The van der Waals surface area contributed by atoms with Crippen molar-refractivity contribution in [3.8, 4) is 5.75 Å². The van der Waals surface area contributed by atoms with Crippen molar-refractivity contribution in [2.75, 3.05) is 0 Å². The second-order valence-corrected chi connectivity index (χ2v) is 10.5. The third kappa shape index (κ3) is 9.04. The molecule has 9 N–H and O–H groups in total. The van der Waals surface area contributed by atoms with Crippen LogP contribution in [0, 0.1) is 5.92 Å². The number of H-pyrrole nitrogens is 1. The van der Waals surface area contributed by atoms with Crippen molar-refractivity contribution in [3.05, 3.63) is 65.9 Å². The second kappa shape index (κ2) is 14.8. The molecule has 0 radical (unpaired) electrons. The van der Waals surface area contributed by atoms with Gasteiger partial charge in [0.25, 0.3) is 0 Å². The van der Waals surface area contributed by atoms with Crippen molar-refractivity contribution < 1.29 is 39.3 Å². The van der Waals surface area contributed by atoms with Crippen molar-refractivity contribution >= 4 is 40.6 Å². The molecule has 0 saturated heterocycles. The molecule has 2 aromatic carbocycles. The molecule has 3 amide bonds. The lowest BCUT2D eigenvalue weighted by Gasteiger charge is -2.28. The van der Waals surface area contributed by atoms with Gasteiger partial charge in [-0.05, 0) is 35.2 Å². The van der Waals surface area contributed by atoms with Crippen molar-refractivity contribution in [2.24, 2.45) is 11.7 Å². The van der Waals surface area contributed by atoms with Gasteiger partial charge in [0, 0.05) is 29.9 Å². The predicted molar refractivity (Wildman–Crippen MR) is 157 cm³/mol. The van der Waals surface area contributed by atoms with Gasteiger partial charge in [-0.1, -0.05) is 50.6 Å². The molecule has 1 aromatic heterocycles. The van der Waals surface area contributed by atoms with Crippen molar-refractivity contribution in [3.63, 3.8) is 0 Å². The van der Waals surface area contributed by atoms with Crippen LogP contribution in [0.3, 0.4) is 0 Å². The first kappa shape index (κ1) is 32.6. The zero-order chi connectivity index (χ0) is 31.7. The van der Waals surface area contributed by atoms with Gasteiger partial charge in [0.2, 0.25) is 17.7 Å². The maximum Gasteiger partial charge on any atom is 0.326 e. The van der Waals surface area contributed by atoms with Gasteiger partial charge in [-0.2, -0.15) is 0 Å². The number of carboxylic acid groups (broad SMARTS) is 2. The topological polar surface area (TPSA) is 224 Å². The highest BCUT2D eigenvalue weighted by molar-refractivity contribution is 5.95. The number of hydrogen-bond acceptors (Lipinski definition) is 7. The molecule has 43 heavy (non-hydrogen) atoms. The maximum absolute atomic E-state index is 13.6. The number of benzene rings is 2. The van der Waals surface area contributed by atoms with E-state index in [1.165, 1.54) is 12.1 Å². The lowest BCUT2D eigenvalue weighted by atomic mass is 9.96. The van der Waals surface area contributed by atoms with Crippen LogP contribution in [0.5, 0.6) is 5.75 Å². The number of carbonyl (C=O) groups excluding carboxylic acids is 3. The number of para-hydroxylation sites is 1. The number of rotatable bonds is 15. The summed E-state index contributed by atoms with van der Waals surface area (Å²) in [6, 6.07) is 8.13. The van der Waals surface area contributed by atoms with Crippen LogP contribution < -0.4 is 21.7 Å². The Hall–Kier alpha value is -4.91. The number of aliphatic carboxylic acids is 2. The van der Waals surface area contributed by atoms with Crippen LogP contribution in [0.15, 0.2) is 54.7 Å². The molecular weight excluding hydrogens is 558 g/mol. The Kier molecular flexibility index (Phi) is 11.2. The minimum Gasteiger partial charge on any atom is -0.508 e. The van der Waals surface area contributed by atoms with Crippen molar-refractivity contribution in [1.29, 1.82) is 0 Å². The number of hydrogen-bond donors (Lipinski definition) is 8. The molecule has 13 heteroatoms. The van der Waals surface area contributed by atoms with E-state index < -0.39 is 66.2 Å². The fraction of sp³-hybridized carbons (Fsp3) is 0.367. The fourth-order valence-electron chi connectivity index (χ4n) is 4.57. The van der Waals surface area contributed by atoms with E-state index in [0.29, 0.717) is 17.5 Å². The van der Waals surface area contributed by atoms with E-state index >= 15 is 0 Å². The minimum atomic E-state index is -1.39. The minimum absolute atomic E-state index is 0.00398. The molecule has 0 aliphatic carbocycles. The Bertz CT molecular complexity index is 1450. The molecule has 0 bridgehead atoms. The number of amides is 3. The summed E-state index contributed by atoms with van der Waals surface area (Å²) in [6.45, 7) is 3.49. The Labute approximate surface area is 247 Å². The number of aromatic hydroxyl groups is 1. The maximum atomic E-state index is 13.6. The highest BCUT2D eigenvalue weighted by Crippen LogP contribution is 2.20. The molecule has 0 spiro atoms. The molecular formula is C30H37N5O8. The summed E-state index contributed by atoms with van der Waals surface area (Å²) in [6.07, 6.45) is 1.40. The molecule has 0 aliphatic heterocycles. The number of nitrogens with one attached hydrogen (secondary N) is 4. The lowest BCUT2D eigenvalue weighted by molar-refractivity contribution is -0.142. The summed E-state index contributed by atoms with van der Waals surface area (Å²) in [4.78, 5) is 65.9. The second-order valence-electron chi connectivity index (χ2n) is 10.5. The van der Waals surface area contributed by atoms with Gasteiger partial charge in [-0.3, -0.25) is 19.2 Å². The van der Waals surface area contributed by atoms with Crippen LogP contribution >= 0.6 is 0 Å². The normalized spacial score (nSPS) is 14.6. The summed E-state index contributed by atoms with van der Waals surface area (Å²) in [5, 5.41) is 37.0. The monoisotopic (exact) mass is 595 g/mol. The van der Waals surface area contributed by atoms with Crippen LogP contribution in [-0.4, -0.2) is 74.1 Å². The van der Waals surface area contributed by atoms with E-state index in [-0.39, 0.29) is 18.6 Å². The van der Waals surface area contributed by atoms with Crippen LogP contribution in [0.4, 0.5) is 0 Å². The standard InChI is InChI=1S/C30H37N5O8/c1-3-16(2)26(35-27(39)21(31)14-25(37)38)29(41)33-23(12-17-8-10-19(36)11-9-17)28(40)34-24(30(42)43)13-18-15-32-22-7-5-4-6-20(18)22/h4-11,15-16,21,23-24,26,32,36H,3,12-14,31H2,1-2H3,(H,33,41)(H,34,40)(H,35,39)(H,37,38)(H,42,43). The van der Waals surface area contributed by atoms with Gasteiger partial charge in [0.05, 0.1) is 12.5 Å². The van der Waals surface area contributed by atoms with Crippen molar-refractivity contribution in [1.82, 2.24) is 20.9 Å². The number of carboxylic acids is 2. The summed E-state index contributed by atoms with van der Waals surface area (Å²) >= 11 is 0. The first-order valence-corrected chi connectivity index (χ1v) is 13.8. The van der Waals surface area contributed by atoms with Gasteiger partial charge in [-0.25, -0.2) is 4.79 Å². The van der Waals surface area contributed by atoms with Crippen LogP contribution in [0.2, 0.25) is 0 Å². The number of phenols is 1. The largest absolute Gasteiger partial charge is 0.508 e. The van der Waals surface area contributed by atoms with E-state index in [9.17, 15) is 34.2 Å².